The Kier molecular flexibility index (Phi) is 7.59. The van der Waals surface area contributed by atoms with Gasteiger partial charge in [-0.3, -0.25) is 14.6 Å². The lowest BCUT2D eigenvalue weighted by Crippen LogP contribution is -2.26. The van der Waals surface area contributed by atoms with Crippen molar-refractivity contribution >= 4 is 28.7 Å². The second-order valence-electron chi connectivity index (χ2n) is 7.45. The van der Waals surface area contributed by atoms with Crippen LogP contribution in [0, 0.1) is 0 Å². The third-order valence-corrected chi connectivity index (χ3v) is 5.22. The first-order chi connectivity index (χ1) is 15.5. The third kappa shape index (κ3) is 5.14. The topological polar surface area (TPSA) is 112 Å². The van der Waals surface area contributed by atoms with E-state index in [1.807, 2.05) is 41.9 Å². The van der Waals surface area contributed by atoms with E-state index in [-0.39, 0.29) is 24.8 Å². The van der Waals surface area contributed by atoms with Gasteiger partial charge in [-0.1, -0.05) is 37.6 Å². The molecule has 3 N–H and O–H groups in total. The van der Waals surface area contributed by atoms with Crippen LogP contribution >= 0.6 is 0 Å². The molecule has 0 spiro atoms. The second kappa shape index (κ2) is 10.6. The average Bonchev–Trinajstić information content (AvgIpc) is 3.14. The zero-order valence-corrected chi connectivity index (χ0v) is 18.7. The van der Waals surface area contributed by atoms with Crippen molar-refractivity contribution < 1.29 is 14.3 Å². The normalized spacial score (nSPS) is 11.5. The van der Waals surface area contributed by atoms with Crippen LogP contribution in [0.3, 0.4) is 0 Å². The molecule has 0 bridgehead atoms. The smallest absolute Gasteiger partial charge is 0.307 e. The summed E-state index contributed by atoms with van der Waals surface area (Å²) in [6.45, 7) is 3.02. The number of nitrogens with one attached hydrogen (secondary N) is 1. The van der Waals surface area contributed by atoms with Gasteiger partial charge in [0.15, 0.2) is 0 Å². The minimum Gasteiger partial charge on any atom is -0.469 e. The van der Waals surface area contributed by atoms with Gasteiger partial charge in [-0.25, -0.2) is 4.98 Å². The van der Waals surface area contributed by atoms with Crippen LogP contribution in [0.2, 0.25) is 0 Å². The van der Waals surface area contributed by atoms with Gasteiger partial charge in [-0.2, -0.15) is 0 Å². The number of carbonyl (C=O) groups excluding carboxylic acids is 2. The van der Waals surface area contributed by atoms with Gasteiger partial charge < -0.3 is 20.4 Å². The van der Waals surface area contributed by atoms with E-state index in [4.69, 9.17) is 10.7 Å². The minimum atomic E-state index is -0.369. The molecule has 0 aliphatic carbocycles. The summed E-state index contributed by atoms with van der Waals surface area (Å²) in [4.78, 5) is 33.0. The van der Waals surface area contributed by atoms with Gasteiger partial charge in [-0.15, -0.1) is 0 Å². The van der Waals surface area contributed by atoms with Crippen LogP contribution in [0.15, 0.2) is 47.5 Å². The average molecular weight is 436 g/mol. The Labute approximate surface area is 187 Å². The van der Waals surface area contributed by atoms with Crippen molar-refractivity contribution in [3.8, 4) is 11.4 Å². The van der Waals surface area contributed by atoms with Crippen LogP contribution < -0.4 is 11.1 Å². The summed E-state index contributed by atoms with van der Waals surface area (Å²) >= 11 is 0. The number of nitrogens with zero attached hydrogens (tertiary/aromatic N) is 3. The zero-order valence-electron chi connectivity index (χ0n) is 18.7. The number of aryl methyl sites for hydroxylation is 1. The number of methoxy groups -OCH3 is 1. The van der Waals surface area contributed by atoms with Crippen molar-refractivity contribution in [2.45, 2.75) is 26.2 Å². The fourth-order valence-corrected chi connectivity index (χ4v) is 3.41. The highest BCUT2D eigenvalue weighted by atomic mass is 16.5. The Hall–Kier alpha value is -3.68. The number of rotatable bonds is 9. The number of hydrogen-bond acceptors (Lipinski definition) is 5. The standard InChI is InChI=1S/C24H29N5O3/c1-4-5-13-26-22(25)17-8-6-7-9-18(17)23-28-19-15-16(10-11-20(19)29(23)2)24(31)27-14-12-21(30)32-3/h6-11,15H,4-5,12-14H2,1-3H3,(H2,25,26)(H,27,31). The number of hydrogen-bond donors (Lipinski definition) is 2. The molecule has 8 heteroatoms. The maximum absolute atomic E-state index is 12.5. The van der Waals surface area contributed by atoms with Crippen LogP contribution in [0.1, 0.15) is 42.1 Å². The molecule has 0 atom stereocenters. The molecule has 168 valence electrons. The molecule has 0 saturated carbocycles. The highest BCUT2D eigenvalue weighted by Crippen LogP contribution is 2.27. The summed E-state index contributed by atoms with van der Waals surface area (Å²) in [5.74, 6) is 0.598. The molecule has 3 rings (SSSR count). The Morgan fingerprint density at radius 1 is 1.22 bits per heavy atom. The molecule has 0 aliphatic rings. The van der Waals surface area contributed by atoms with Gasteiger partial charge >= 0.3 is 5.97 Å². The fraction of sp³-hybridized carbons (Fsp3) is 0.333. The number of nitrogens with two attached hydrogens (primary N) is 1. The van der Waals surface area contributed by atoms with Crippen LogP contribution in [-0.4, -0.2) is 47.5 Å². The van der Waals surface area contributed by atoms with E-state index in [0.29, 0.717) is 23.5 Å². The molecule has 3 aromatic rings. The quantitative estimate of drug-likeness (QED) is 0.232. The van der Waals surface area contributed by atoms with Gasteiger partial charge in [0.05, 0.1) is 24.6 Å². The number of benzene rings is 2. The Bertz CT molecular complexity index is 1150. The van der Waals surface area contributed by atoms with Crippen molar-refractivity contribution in [1.82, 2.24) is 14.9 Å². The molecule has 1 heterocycles. The van der Waals surface area contributed by atoms with Crippen LogP contribution in [0.5, 0.6) is 0 Å². The number of aliphatic imine (C=N–C) groups is 1. The van der Waals surface area contributed by atoms with E-state index in [2.05, 4.69) is 22.0 Å². The molecule has 0 saturated heterocycles. The van der Waals surface area contributed by atoms with Crippen molar-refractivity contribution in [3.05, 3.63) is 53.6 Å². The Morgan fingerprint density at radius 3 is 2.75 bits per heavy atom. The van der Waals surface area contributed by atoms with Gasteiger partial charge in [0.1, 0.15) is 11.7 Å². The van der Waals surface area contributed by atoms with Crippen molar-refractivity contribution in [1.29, 1.82) is 0 Å². The van der Waals surface area contributed by atoms with Crippen LogP contribution in [0.4, 0.5) is 0 Å². The summed E-state index contributed by atoms with van der Waals surface area (Å²) < 4.78 is 6.57. The number of unbranched alkanes of at least 4 members (excludes halogenated alkanes) is 1. The lowest BCUT2D eigenvalue weighted by molar-refractivity contribution is -0.140. The van der Waals surface area contributed by atoms with Crippen molar-refractivity contribution in [2.75, 3.05) is 20.2 Å². The summed E-state index contributed by atoms with van der Waals surface area (Å²) in [6, 6.07) is 13.1. The van der Waals surface area contributed by atoms with E-state index in [0.717, 1.165) is 35.3 Å². The van der Waals surface area contributed by atoms with Crippen LogP contribution in [0.25, 0.3) is 22.4 Å². The molecule has 1 aromatic heterocycles. The van der Waals surface area contributed by atoms with Gasteiger partial charge in [-0.05, 0) is 24.6 Å². The highest BCUT2D eigenvalue weighted by molar-refractivity contribution is 6.03. The minimum absolute atomic E-state index is 0.121. The monoisotopic (exact) mass is 435 g/mol. The molecule has 1 amide bonds. The number of amidine groups is 1. The lowest BCUT2D eigenvalue weighted by atomic mass is 10.1. The number of carbonyl (C=O) groups is 2. The maximum Gasteiger partial charge on any atom is 0.307 e. The SMILES string of the molecule is CCCCN=C(N)c1ccccc1-c1nc2cc(C(=O)NCCC(=O)OC)ccc2n1C. The molecule has 32 heavy (non-hydrogen) atoms. The lowest BCUT2D eigenvalue weighted by Gasteiger charge is -2.09. The summed E-state index contributed by atoms with van der Waals surface area (Å²) in [5.41, 5.74) is 10.1. The predicted octanol–water partition coefficient (Wildman–Crippen LogP) is 3.04. The van der Waals surface area contributed by atoms with E-state index in [9.17, 15) is 9.59 Å². The van der Waals surface area contributed by atoms with Gasteiger partial charge in [0.2, 0.25) is 0 Å². The van der Waals surface area contributed by atoms with Gasteiger partial charge in [0.25, 0.3) is 5.91 Å². The second-order valence-corrected chi connectivity index (χ2v) is 7.45. The van der Waals surface area contributed by atoms with Crippen LogP contribution in [-0.2, 0) is 16.6 Å². The number of amides is 1. The molecule has 0 unspecified atom stereocenters. The largest absolute Gasteiger partial charge is 0.469 e. The first-order valence-corrected chi connectivity index (χ1v) is 10.7. The Morgan fingerprint density at radius 2 is 2.00 bits per heavy atom. The van der Waals surface area contributed by atoms with E-state index in [1.54, 1.807) is 12.1 Å². The number of ether oxygens (including phenoxy) is 1. The molecular formula is C24H29N5O3. The zero-order chi connectivity index (χ0) is 23.1. The molecule has 0 aliphatic heterocycles. The predicted molar refractivity (Wildman–Crippen MR) is 126 cm³/mol. The first-order valence-electron chi connectivity index (χ1n) is 10.7. The molecule has 8 nitrogen and oxygen atoms in total. The van der Waals surface area contributed by atoms with E-state index < -0.39 is 0 Å². The van der Waals surface area contributed by atoms with E-state index >= 15 is 0 Å². The summed E-state index contributed by atoms with van der Waals surface area (Å²) in [6.07, 6.45) is 2.16. The van der Waals surface area contributed by atoms with Crippen molar-refractivity contribution in [3.63, 3.8) is 0 Å². The number of imidazole rings is 1. The first kappa shape index (κ1) is 23.0. The molecule has 0 radical (unpaired) electrons. The molecular weight excluding hydrogens is 406 g/mol. The third-order valence-electron chi connectivity index (χ3n) is 5.22. The molecule has 2 aromatic carbocycles. The number of aromatic nitrogens is 2. The fourth-order valence-electron chi connectivity index (χ4n) is 3.41. The summed E-state index contributed by atoms with van der Waals surface area (Å²) in [7, 11) is 3.25. The summed E-state index contributed by atoms with van der Waals surface area (Å²) in [5, 5.41) is 2.72. The highest BCUT2D eigenvalue weighted by Gasteiger charge is 2.16. The van der Waals surface area contributed by atoms with Crippen molar-refractivity contribution in [2.24, 2.45) is 17.8 Å². The number of esters is 1. The Balaban J connectivity index is 1.90. The molecule has 0 fully saturated rings. The maximum atomic E-state index is 12.5. The van der Waals surface area contributed by atoms with E-state index in [1.165, 1.54) is 7.11 Å². The number of fused-ring (bicyclic) bond motifs is 1. The van der Waals surface area contributed by atoms with Gasteiger partial charge in [0, 0.05) is 36.8 Å².